The highest BCUT2D eigenvalue weighted by Gasteiger charge is 2.22. The van der Waals surface area contributed by atoms with Crippen molar-refractivity contribution in [3.8, 4) is 0 Å². The van der Waals surface area contributed by atoms with Gasteiger partial charge in [-0.3, -0.25) is 9.69 Å². The second kappa shape index (κ2) is 7.26. The van der Waals surface area contributed by atoms with Gasteiger partial charge >= 0.3 is 0 Å². The maximum Gasteiger partial charge on any atom is 0.234 e. The van der Waals surface area contributed by atoms with Crippen LogP contribution in [0.4, 0.5) is 0 Å². The Balaban J connectivity index is 2.75. The van der Waals surface area contributed by atoms with Gasteiger partial charge in [-0.1, -0.05) is 30.3 Å². The normalized spacial score (nSPS) is 14.5. The van der Waals surface area contributed by atoms with Crippen LogP contribution in [0.15, 0.2) is 30.3 Å². The van der Waals surface area contributed by atoms with Crippen LogP contribution in [0.1, 0.15) is 32.4 Å². The maximum atomic E-state index is 11.8. The Morgan fingerprint density at radius 1 is 1.26 bits per heavy atom. The Kier molecular flexibility index (Phi) is 5.99. The number of likely N-dealkylation sites (N-methyl/N-ethyl adjacent to an activating group) is 1. The third-order valence-corrected chi connectivity index (χ3v) is 2.96. The molecule has 0 spiro atoms. The van der Waals surface area contributed by atoms with E-state index < -0.39 is 0 Å². The number of nitrogens with one attached hydrogen (secondary N) is 1. The fraction of sp³-hybridized carbons (Fsp3) is 0.533. The van der Waals surface area contributed by atoms with Crippen LogP contribution in [0.25, 0.3) is 0 Å². The summed E-state index contributed by atoms with van der Waals surface area (Å²) in [6, 6.07) is 10.2. The van der Waals surface area contributed by atoms with Crippen LogP contribution >= 0.6 is 0 Å². The van der Waals surface area contributed by atoms with E-state index in [0.717, 1.165) is 5.56 Å². The first-order valence-electron chi connectivity index (χ1n) is 6.72. The number of amides is 1. The van der Waals surface area contributed by atoms with Crippen molar-refractivity contribution in [2.75, 3.05) is 13.6 Å². The van der Waals surface area contributed by atoms with Gasteiger partial charge in [-0.2, -0.15) is 0 Å². The zero-order valence-corrected chi connectivity index (χ0v) is 12.3. The summed E-state index contributed by atoms with van der Waals surface area (Å²) in [5.74, 6) is 0.0269. The van der Waals surface area contributed by atoms with Gasteiger partial charge in [0, 0.05) is 18.1 Å². The zero-order valence-electron chi connectivity index (χ0n) is 12.3. The van der Waals surface area contributed by atoms with Crippen LogP contribution in [0.5, 0.6) is 0 Å². The molecular weight excluding hydrogens is 238 g/mol. The predicted molar refractivity (Wildman–Crippen MR) is 78.7 cm³/mol. The third-order valence-electron chi connectivity index (χ3n) is 2.96. The first-order chi connectivity index (χ1) is 8.91. The molecule has 1 amide bonds. The lowest BCUT2D eigenvalue weighted by Gasteiger charge is -2.31. The Morgan fingerprint density at radius 3 is 2.32 bits per heavy atom. The molecule has 0 bridgehead atoms. The van der Waals surface area contributed by atoms with Crippen molar-refractivity contribution in [3.63, 3.8) is 0 Å². The molecular formula is C15H25N3O. The summed E-state index contributed by atoms with van der Waals surface area (Å²) in [6.07, 6.45) is 0. The Labute approximate surface area is 116 Å². The van der Waals surface area contributed by atoms with E-state index in [4.69, 9.17) is 5.73 Å². The lowest BCUT2D eigenvalue weighted by Crippen LogP contribution is -2.44. The molecule has 1 aromatic carbocycles. The van der Waals surface area contributed by atoms with Crippen LogP contribution in [0.2, 0.25) is 0 Å². The summed E-state index contributed by atoms with van der Waals surface area (Å²) in [6.45, 7) is 6.23. The van der Waals surface area contributed by atoms with Crippen molar-refractivity contribution in [2.24, 2.45) is 5.73 Å². The lowest BCUT2D eigenvalue weighted by molar-refractivity contribution is -0.123. The van der Waals surface area contributed by atoms with E-state index in [9.17, 15) is 4.79 Å². The van der Waals surface area contributed by atoms with Gasteiger partial charge in [0.25, 0.3) is 0 Å². The molecule has 0 aliphatic carbocycles. The van der Waals surface area contributed by atoms with Gasteiger partial charge in [0.15, 0.2) is 0 Å². The van der Waals surface area contributed by atoms with Gasteiger partial charge in [-0.25, -0.2) is 0 Å². The molecule has 2 unspecified atom stereocenters. The average molecular weight is 263 g/mol. The monoisotopic (exact) mass is 263 g/mol. The standard InChI is InChI=1S/C15H25N3O/c1-11(2)17-14(19)10-18(4)15(12(3)16)13-8-6-5-7-9-13/h5-9,11-12,15H,10,16H2,1-4H3,(H,17,19). The second-order valence-electron chi connectivity index (χ2n) is 5.35. The smallest absolute Gasteiger partial charge is 0.234 e. The molecule has 0 radical (unpaired) electrons. The zero-order chi connectivity index (χ0) is 14.4. The number of carbonyl (C=O) groups is 1. The minimum Gasteiger partial charge on any atom is -0.353 e. The highest BCUT2D eigenvalue weighted by atomic mass is 16.2. The van der Waals surface area contributed by atoms with E-state index in [1.807, 2.05) is 63.1 Å². The van der Waals surface area contributed by atoms with Gasteiger partial charge in [0.05, 0.1) is 6.54 Å². The van der Waals surface area contributed by atoms with Gasteiger partial charge < -0.3 is 11.1 Å². The minimum absolute atomic E-state index is 0.0269. The number of benzene rings is 1. The summed E-state index contributed by atoms with van der Waals surface area (Å²) in [7, 11) is 1.93. The van der Waals surface area contributed by atoms with E-state index >= 15 is 0 Å². The average Bonchev–Trinajstić information content (AvgIpc) is 2.28. The number of nitrogens with two attached hydrogens (primary N) is 1. The number of nitrogens with zero attached hydrogens (tertiary/aromatic N) is 1. The first kappa shape index (κ1) is 15.7. The first-order valence-corrected chi connectivity index (χ1v) is 6.72. The van der Waals surface area contributed by atoms with E-state index in [1.165, 1.54) is 0 Å². The molecule has 0 fully saturated rings. The Hall–Kier alpha value is -1.39. The third kappa shape index (κ3) is 5.01. The molecule has 19 heavy (non-hydrogen) atoms. The molecule has 106 valence electrons. The summed E-state index contributed by atoms with van der Waals surface area (Å²) < 4.78 is 0. The van der Waals surface area contributed by atoms with Crippen molar-refractivity contribution in [2.45, 2.75) is 38.9 Å². The summed E-state index contributed by atoms with van der Waals surface area (Å²) in [5, 5.41) is 2.90. The van der Waals surface area contributed by atoms with Gasteiger partial charge in [-0.15, -0.1) is 0 Å². The number of hydrogen-bond donors (Lipinski definition) is 2. The fourth-order valence-electron chi connectivity index (χ4n) is 2.30. The lowest BCUT2D eigenvalue weighted by atomic mass is 9.99. The van der Waals surface area contributed by atoms with E-state index in [0.29, 0.717) is 6.54 Å². The van der Waals surface area contributed by atoms with Gasteiger partial charge in [0.2, 0.25) is 5.91 Å². The fourth-order valence-corrected chi connectivity index (χ4v) is 2.30. The topological polar surface area (TPSA) is 58.4 Å². The van der Waals surface area contributed by atoms with Crippen LogP contribution in [-0.2, 0) is 4.79 Å². The molecule has 0 aromatic heterocycles. The predicted octanol–water partition coefficient (Wildman–Crippen LogP) is 1.53. The molecule has 0 aliphatic heterocycles. The second-order valence-corrected chi connectivity index (χ2v) is 5.35. The molecule has 0 aliphatic rings. The highest BCUT2D eigenvalue weighted by molar-refractivity contribution is 5.78. The highest BCUT2D eigenvalue weighted by Crippen LogP contribution is 2.21. The largest absolute Gasteiger partial charge is 0.353 e. The van der Waals surface area contributed by atoms with E-state index in [1.54, 1.807) is 0 Å². The quantitative estimate of drug-likeness (QED) is 0.818. The number of rotatable bonds is 6. The summed E-state index contributed by atoms with van der Waals surface area (Å²) in [4.78, 5) is 13.8. The Bertz CT molecular complexity index is 390. The van der Waals surface area contributed by atoms with Crippen LogP contribution in [0, 0.1) is 0 Å². The van der Waals surface area contributed by atoms with Crippen molar-refractivity contribution >= 4 is 5.91 Å². The van der Waals surface area contributed by atoms with Gasteiger partial charge in [-0.05, 0) is 33.4 Å². The molecule has 4 heteroatoms. The van der Waals surface area contributed by atoms with Crippen LogP contribution in [-0.4, -0.2) is 36.5 Å². The van der Waals surface area contributed by atoms with E-state index in [-0.39, 0.29) is 24.0 Å². The number of hydrogen-bond acceptors (Lipinski definition) is 3. The number of carbonyl (C=O) groups excluding carboxylic acids is 1. The summed E-state index contributed by atoms with van der Waals surface area (Å²) >= 11 is 0. The molecule has 3 N–H and O–H groups in total. The minimum atomic E-state index is -0.0424. The van der Waals surface area contributed by atoms with Crippen molar-refractivity contribution in [3.05, 3.63) is 35.9 Å². The SMILES string of the molecule is CC(C)NC(=O)CN(C)C(c1ccccc1)C(C)N. The maximum absolute atomic E-state index is 11.8. The van der Waals surface area contributed by atoms with Crippen LogP contribution in [0.3, 0.4) is 0 Å². The van der Waals surface area contributed by atoms with Crippen LogP contribution < -0.4 is 11.1 Å². The molecule has 0 saturated heterocycles. The van der Waals surface area contributed by atoms with Crippen molar-refractivity contribution in [1.82, 2.24) is 10.2 Å². The Morgan fingerprint density at radius 2 is 1.84 bits per heavy atom. The molecule has 2 atom stereocenters. The van der Waals surface area contributed by atoms with E-state index in [2.05, 4.69) is 5.32 Å². The molecule has 0 heterocycles. The molecule has 1 rings (SSSR count). The molecule has 1 aromatic rings. The molecule has 0 saturated carbocycles. The van der Waals surface area contributed by atoms with Gasteiger partial charge in [0.1, 0.15) is 0 Å². The van der Waals surface area contributed by atoms with Crippen molar-refractivity contribution in [1.29, 1.82) is 0 Å². The molecule has 4 nitrogen and oxygen atoms in total. The summed E-state index contributed by atoms with van der Waals surface area (Å²) in [5.41, 5.74) is 7.21. The van der Waals surface area contributed by atoms with Crippen molar-refractivity contribution < 1.29 is 4.79 Å².